The minimum atomic E-state index is -3.63. The quantitative estimate of drug-likeness (QED) is 0.875. The molecule has 2 atom stereocenters. The zero-order valence-electron chi connectivity index (χ0n) is 9.44. The van der Waals surface area contributed by atoms with E-state index in [1.807, 2.05) is 0 Å². The Morgan fingerprint density at radius 2 is 2.11 bits per heavy atom. The molecular formula is C11H13BrClNO3S. The molecule has 0 radical (unpaired) electrons. The van der Waals surface area contributed by atoms with Crippen molar-refractivity contribution in [3.05, 3.63) is 27.7 Å². The highest BCUT2D eigenvalue weighted by atomic mass is 79.9. The van der Waals surface area contributed by atoms with Gasteiger partial charge in [-0.1, -0.05) is 11.6 Å². The lowest BCUT2D eigenvalue weighted by atomic mass is 10.2. The summed E-state index contributed by atoms with van der Waals surface area (Å²) in [6.07, 6.45) is 1.51. The molecule has 0 amide bonds. The summed E-state index contributed by atoms with van der Waals surface area (Å²) in [6, 6.07) is 4.04. The van der Waals surface area contributed by atoms with Gasteiger partial charge >= 0.3 is 0 Å². The lowest BCUT2D eigenvalue weighted by Crippen LogP contribution is -2.39. The summed E-state index contributed by atoms with van der Waals surface area (Å²) in [5.41, 5.74) is 0. The molecule has 1 aromatic carbocycles. The fourth-order valence-corrected chi connectivity index (χ4v) is 3.81. The van der Waals surface area contributed by atoms with Crippen LogP contribution >= 0.6 is 27.5 Å². The Labute approximate surface area is 120 Å². The van der Waals surface area contributed by atoms with Gasteiger partial charge in [0.25, 0.3) is 0 Å². The number of nitrogens with one attached hydrogen (secondary N) is 1. The first-order chi connectivity index (χ1) is 8.40. The van der Waals surface area contributed by atoms with Crippen molar-refractivity contribution in [2.24, 2.45) is 0 Å². The number of benzene rings is 1. The Kier molecular flexibility index (Phi) is 4.33. The minimum Gasteiger partial charge on any atom is -0.391 e. The normalized spacial score (nSPS) is 24.4. The number of aliphatic hydroxyl groups excluding tert-OH is 1. The molecule has 1 aliphatic rings. The summed E-state index contributed by atoms with van der Waals surface area (Å²) < 4.78 is 27.4. The molecule has 1 fully saturated rings. The van der Waals surface area contributed by atoms with Gasteiger partial charge in [-0.2, -0.15) is 0 Å². The first-order valence-corrected chi connectivity index (χ1v) is 8.21. The van der Waals surface area contributed by atoms with Gasteiger partial charge in [0.2, 0.25) is 10.0 Å². The second kappa shape index (κ2) is 5.46. The lowest BCUT2D eigenvalue weighted by molar-refractivity contribution is 0.159. The van der Waals surface area contributed by atoms with Crippen molar-refractivity contribution < 1.29 is 13.5 Å². The zero-order chi connectivity index (χ0) is 13.3. The van der Waals surface area contributed by atoms with Crippen LogP contribution in [-0.4, -0.2) is 25.7 Å². The fraction of sp³-hybridized carbons (Fsp3) is 0.455. The Bertz CT molecular complexity index is 549. The maximum absolute atomic E-state index is 12.1. The van der Waals surface area contributed by atoms with Crippen LogP contribution in [0.1, 0.15) is 19.3 Å². The maximum atomic E-state index is 12.1. The molecule has 2 rings (SSSR count). The van der Waals surface area contributed by atoms with Crippen LogP contribution in [0.3, 0.4) is 0 Å². The summed E-state index contributed by atoms with van der Waals surface area (Å²) in [5, 5.41) is 9.98. The van der Waals surface area contributed by atoms with Gasteiger partial charge in [-0.15, -0.1) is 0 Å². The van der Waals surface area contributed by atoms with Crippen molar-refractivity contribution in [2.75, 3.05) is 0 Å². The van der Waals surface area contributed by atoms with Gasteiger partial charge < -0.3 is 5.11 Å². The summed E-state index contributed by atoms with van der Waals surface area (Å²) in [5.74, 6) is 0. The van der Waals surface area contributed by atoms with E-state index in [0.29, 0.717) is 22.3 Å². The monoisotopic (exact) mass is 353 g/mol. The van der Waals surface area contributed by atoms with E-state index in [1.54, 1.807) is 6.07 Å². The molecule has 0 aliphatic heterocycles. The topological polar surface area (TPSA) is 66.4 Å². The Morgan fingerprint density at radius 1 is 1.39 bits per heavy atom. The average Bonchev–Trinajstić information content (AvgIpc) is 2.67. The average molecular weight is 355 g/mol. The van der Waals surface area contributed by atoms with Crippen LogP contribution in [-0.2, 0) is 10.0 Å². The standard InChI is InChI=1S/C11H13BrClNO3S/c12-8-5-4-7(6-9(8)13)18(16,17)14-10-2-1-3-11(10)15/h4-6,10-11,14-15H,1-3H2/t10-,11-/m0/s1. The third-order valence-corrected chi connectivity index (χ3v) is 5.71. The van der Waals surface area contributed by atoms with Gasteiger partial charge in [0.15, 0.2) is 0 Å². The molecule has 0 aromatic heterocycles. The van der Waals surface area contributed by atoms with Crippen LogP contribution in [0.15, 0.2) is 27.6 Å². The van der Waals surface area contributed by atoms with Crippen molar-refractivity contribution in [3.63, 3.8) is 0 Å². The third kappa shape index (κ3) is 3.05. The van der Waals surface area contributed by atoms with Gasteiger partial charge in [0.1, 0.15) is 0 Å². The van der Waals surface area contributed by atoms with Crippen LogP contribution in [0.5, 0.6) is 0 Å². The van der Waals surface area contributed by atoms with E-state index in [9.17, 15) is 13.5 Å². The molecule has 7 heteroatoms. The van der Waals surface area contributed by atoms with Gasteiger partial charge in [0.05, 0.1) is 16.0 Å². The largest absolute Gasteiger partial charge is 0.391 e. The SMILES string of the molecule is O=S(=O)(N[C@H]1CCC[C@@H]1O)c1ccc(Br)c(Cl)c1. The maximum Gasteiger partial charge on any atom is 0.240 e. The molecule has 4 nitrogen and oxygen atoms in total. The van der Waals surface area contributed by atoms with Gasteiger partial charge in [-0.25, -0.2) is 13.1 Å². The Hall–Kier alpha value is -0.140. The molecule has 1 aromatic rings. The first-order valence-electron chi connectivity index (χ1n) is 5.55. The second-order valence-electron chi connectivity index (χ2n) is 4.30. The number of hydrogen-bond donors (Lipinski definition) is 2. The molecule has 0 heterocycles. The molecule has 18 heavy (non-hydrogen) atoms. The summed E-state index contributed by atoms with van der Waals surface area (Å²) in [4.78, 5) is 0.106. The number of hydrogen-bond acceptors (Lipinski definition) is 3. The number of aliphatic hydroxyl groups is 1. The summed E-state index contributed by atoms with van der Waals surface area (Å²) >= 11 is 9.08. The van der Waals surface area contributed by atoms with Gasteiger partial charge in [-0.05, 0) is 53.4 Å². The fourth-order valence-electron chi connectivity index (χ4n) is 1.99. The summed E-state index contributed by atoms with van der Waals surface area (Å²) in [7, 11) is -3.63. The second-order valence-corrected chi connectivity index (χ2v) is 7.28. The van der Waals surface area contributed by atoms with Crippen molar-refractivity contribution in [1.82, 2.24) is 4.72 Å². The van der Waals surface area contributed by atoms with Crippen LogP contribution in [0.25, 0.3) is 0 Å². The zero-order valence-corrected chi connectivity index (χ0v) is 12.6. The van der Waals surface area contributed by atoms with Crippen LogP contribution in [0.2, 0.25) is 5.02 Å². The third-order valence-electron chi connectivity index (χ3n) is 2.99. The summed E-state index contributed by atoms with van der Waals surface area (Å²) in [6.45, 7) is 0. The number of rotatable bonds is 3. The van der Waals surface area contributed by atoms with Crippen molar-refractivity contribution in [3.8, 4) is 0 Å². The Morgan fingerprint density at radius 3 is 2.67 bits per heavy atom. The predicted molar refractivity (Wildman–Crippen MR) is 73.1 cm³/mol. The highest BCUT2D eigenvalue weighted by Gasteiger charge is 2.29. The van der Waals surface area contributed by atoms with E-state index in [2.05, 4.69) is 20.7 Å². The number of sulfonamides is 1. The minimum absolute atomic E-state index is 0.106. The highest BCUT2D eigenvalue weighted by molar-refractivity contribution is 9.10. The van der Waals surface area contributed by atoms with Crippen molar-refractivity contribution >= 4 is 37.6 Å². The molecule has 1 saturated carbocycles. The molecule has 0 unspecified atom stereocenters. The molecule has 0 spiro atoms. The predicted octanol–water partition coefficient (Wildman–Crippen LogP) is 2.29. The molecule has 1 aliphatic carbocycles. The van der Waals surface area contributed by atoms with Gasteiger partial charge in [0, 0.05) is 10.5 Å². The molecule has 2 N–H and O–H groups in total. The van der Waals surface area contributed by atoms with Crippen LogP contribution < -0.4 is 4.72 Å². The van der Waals surface area contributed by atoms with Crippen LogP contribution in [0, 0.1) is 0 Å². The van der Waals surface area contributed by atoms with E-state index in [1.165, 1.54) is 12.1 Å². The lowest BCUT2D eigenvalue weighted by Gasteiger charge is -2.16. The van der Waals surface area contributed by atoms with Crippen LogP contribution in [0.4, 0.5) is 0 Å². The first kappa shape index (κ1) is 14.3. The number of halogens is 2. The molecule has 100 valence electrons. The molecular weight excluding hydrogens is 342 g/mol. The molecule has 0 saturated heterocycles. The van der Waals surface area contributed by atoms with E-state index in [4.69, 9.17) is 11.6 Å². The highest BCUT2D eigenvalue weighted by Crippen LogP contribution is 2.26. The Balaban J connectivity index is 2.22. The smallest absolute Gasteiger partial charge is 0.240 e. The van der Waals surface area contributed by atoms with Gasteiger partial charge in [-0.3, -0.25) is 0 Å². The van der Waals surface area contributed by atoms with E-state index < -0.39 is 22.2 Å². The molecule has 0 bridgehead atoms. The van der Waals surface area contributed by atoms with Crippen molar-refractivity contribution in [1.29, 1.82) is 0 Å². The van der Waals surface area contributed by atoms with E-state index >= 15 is 0 Å². The van der Waals surface area contributed by atoms with Crippen molar-refractivity contribution in [2.45, 2.75) is 36.3 Å². The van der Waals surface area contributed by atoms with E-state index in [-0.39, 0.29) is 4.90 Å². The van der Waals surface area contributed by atoms with E-state index in [0.717, 1.165) is 6.42 Å².